The molecule has 1 aliphatic rings. The summed E-state index contributed by atoms with van der Waals surface area (Å²) in [5.41, 5.74) is 0. The highest BCUT2D eigenvalue weighted by Gasteiger charge is 2.26. The number of hydrogen-bond donors (Lipinski definition) is 1. The minimum Gasteiger partial charge on any atom is -0.300 e. The van der Waals surface area contributed by atoms with E-state index in [4.69, 9.17) is 11.6 Å². The highest BCUT2D eigenvalue weighted by Crippen LogP contribution is 2.34. The van der Waals surface area contributed by atoms with Crippen molar-refractivity contribution in [3.05, 3.63) is 14.9 Å². The van der Waals surface area contributed by atoms with Crippen molar-refractivity contribution in [2.24, 2.45) is 0 Å². The highest BCUT2D eigenvalue weighted by molar-refractivity contribution is 9.11. The SMILES string of the molecule is O=C1CCC(NS(=O)(=O)c2cc(Cl)c(Br)s2)CC1. The Morgan fingerprint density at radius 3 is 2.50 bits per heavy atom. The number of thiophene rings is 1. The Balaban J connectivity index is 2.10. The van der Waals surface area contributed by atoms with Gasteiger partial charge >= 0.3 is 0 Å². The molecule has 8 heteroatoms. The number of ketones is 1. The van der Waals surface area contributed by atoms with Crippen molar-refractivity contribution in [2.75, 3.05) is 0 Å². The van der Waals surface area contributed by atoms with Gasteiger partial charge in [0.25, 0.3) is 0 Å². The standard InChI is InChI=1S/C10H11BrClNO3S2/c11-10-8(12)5-9(17-10)18(15,16)13-6-1-3-7(14)4-2-6/h5-6,13H,1-4H2. The molecule has 1 aliphatic carbocycles. The van der Waals surface area contributed by atoms with E-state index in [0.29, 0.717) is 34.5 Å². The largest absolute Gasteiger partial charge is 0.300 e. The van der Waals surface area contributed by atoms with E-state index in [-0.39, 0.29) is 16.0 Å². The summed E-state index contributed by atoms with van der Waals surface area (Å²) >= 11 is 10.1. The molecule has 0 amide bonds. The van der Waals surface area contributed by atoms with Gasteiger partial charge in [-0.1, -0.05) is 11.6 Å². The molecule has 1 fully saturated rings. The smallest absolute Gasteiger partial charge is 0.250 e. The van der Waals surface area contributed by atoms with Crippen LogP contribution in [-0.4, -0.2) is 20.2 Å². The number of halogens is 2. The third-order valence-corrected chi connectivity index (χ3v) is 7.22. The molecule has 1 heterocycles. The van der Waals surface area contributed by atoms with Gasteiger partial charge in [0.1, 0.15) is 9.99 Å². The Bertz CT molecular complexity index is 540. The number of hydrogen-bond acceptors (Lipinski definition) is 4. The molecular formula is C10H11BrClNO3S2. The normalized spacial score (nSPS) is 18.2. The lowest BCUT2D eigenvalue weighted by atomic mass is 9.95. The van der Waals surface area contributed by atoms with Gasteiger partial charge in [0, 0.05) is 18.9 Å². The van der Waals surface area contributed by atoms with Crippen molar-refractivity contribution >= 4 is 54.7 Å². The minimum absolute atomic E-state index is 0.160. The van der Waals surface area contributed by atoms with Crippen LogP contribution in [0.2, 0.25) is 5.02 Å². The van der Waals surface area contributed by atoms with Crippen LogP contribution in [0.1, 0.15) is 25.7 Å². The Hall–Kier alpha value is 0.0500. The second kappa shape index (κ2) is 5.58. The molecule has 0 spiro atoms. The monoisotopic (exact) mass is 371 g/mol. The van der Waals surface area contributed by atoms with Gasteiger partial charge in [-0.15, -0.1) is 11.3 Å². The maximum atomic E-state index is 12.1. The first-order chi connectivity index (χ1) is 8.38. The fraction of sp³-hybridized carbons (Fsp3) is 0.500. The second-order valence-electron chi connectivity index (χ2n) is 4.12. The van der Waals surface area contributed by atoms with Gasteiger partial charge < -0.3 is 0 Å². The molecular weight excluding hydrogens is 362 g/mol. The molecule has 0 saturated heterocycles. The van der Waals surface area contributed by atoms with Crippen LogP contribution in [-0.2, 0) is 14.8 Å². The third-order valence-electron chi connectivity index (χ3n) is 2.75. The van der Waals surface area contributed by atoms with Gasteiger partial charge in [0.05, 0.1) is 8.81 Å². The van der Waals surface area contributed by atoms with Crippen molar-refractivity contribution in [2.45, 2.75) is 35.9 Å². The lowest BCUT2D eigenvalue weighted by molar-refractivity contribution is -0.120. The topological polar surface area (TPSA) is 63.2 Å². The number of carbonyl (C=O) groups is 1. The molecule has 0 bridgehead atoms. The maximum Gasteiger partial charge on any atom is 0.250 e. The quantitative estimate of drug-likeness (QED) is 0.887. The zero-order valence-electron chi connectivity index (χ0n) is 9.28. The average Bonchev–Trinajstić information content (AvgIpc) is 2.63. The number of rotatable bonds is 3. The molecule has 18 heavy (non-hydrogen) atoms. The van der Waals surface area contributed by atoms with E-state index in [2.05, 4.69) is 20.7 Å². The molecule has 0 aliphatic heterocycles. The summed E-state index contributed by atoms with van der Waals surface area (Å²) in [5.74, 6) is 0.201. The van der Waals surface area contributed by atoms with Crippen molar-refractivity contribution < 1.29 is 13.2 Å². The number of nitrogens with one attached hydrogen (secondary N) is 1. The molecule has 1 aromatic heterocycles. The minimum atomic E-state index is -3.54. The van der Waals surface area contributed by atoms with Gasteiger partial charge in [0.15, 0.2) is 0 Å². The maximum absolute atomic E-state index is 12.1. The third kappa shape index (κ3) is 3.33. The van der Waals surface area contributed by atoms with Crippen LogP contribution in [0.25, 0.3) is 0 Å². The van der Waals surface area contributed by atoms with E-state index >= 15 is 0 Å². The summed E-state index contributed by atoms with van der Waals surface area (Å²) in [7, 11) is -3.54. The first kappa shape index (κ1) is 14.5. The van der Waals surface area contributed by atoms with E-state index in [1.165, 1.54) is 6.07 Å². The van der Waals surface area contributed by atoms with Crippen molar-refractivity contribution in [1.82, 2.24) is 4.72 Å². The first-order valence-corrected chi connectivity index (χ1v) is 8.84. The highest BCUT2D eigenvalue weighted by atomic mass is 79.9. The summed E-state index contributed by atoms with van der Waals surface area (Å²) in [5, 5.41) is 0.388. The molecule has 1 saturated carbocycles. The van der Waals surface area contributed by atoms with Gasteiger partial charge in [-0.05, 0) is 34.8 Å². The number of sulfonamides is 1. The zero-order chi connectivity index (χ0) is 13.3. The summed E-state index contributed by atoms with van der Waals surface area (Å²) in [6.07, 6.45) is 2.03. The second-order valence-corrected chi connectivity index (χ2v) is 8.84. The number of carbonyl (C=O) groups excluding carboxylic acids is 1. The van der Waals surface area contributed by atoms with Crippen LogP contribution in [0.4, 0.5) is 0 Å². The summed E-state index contributed by atoms with van der Waals surface area (Å²) in [4.78, 5) is 11.1. The van der Waals surface area contributed by atoms with Gasteiger partial charge in [0.2, 0.25) is 10.0 Å². The van der Waals surface area contributed by atoms with Crippen LogP contribution in [0.15, 0.2) is 14.1 Å². The van der Waals surface area contributed by atoms with Gasteiger partial charge in [-0.25, -0.2) is 13.1 Å². The van der Waals surface area contributed by atoms with Crippen LogP contribution in [0.3, 0.4) is 0 Å². The molecule has 1 N–H and O–H groups in total. The lowest BCUT2D eigenvalue weighted by Crippen LogP contribution is -2.37. The van der Waals surface area contributed by atoms with E-state index in [9.17, 15) is 13.2 Å². The van der Waals surface area contributed by atoms with Crippen LogP contribution >= 0.6 is 38.9 Å². The summed E-state index contributed by atoms with van der Waals surface area (Å²) < 4.78 is 27.6. The molecule has 4 nitrogen and oxygen atoms in total. The van der Waals surface area contributed by atoms with Crippen LogP contribution in [0, 0.1) is 0 Å². The van der Waals surface area contributed by atoms with E-state index in [0.717, 1.165) is 11.3 Å². The fourth-order valence-electron chi connectivity index (χ4n) is 1.79. The lowest BCUT2D eigenvalue weighted by Gasteiger charge is -2.21. The van der Waals surface area contributed by atoms with E-state index in [1.807, 2.05) is 0 Å². The van der Waals surface area contributed by atoms with Crippen LogP contribution in [0.5, 0.6) is 0 Å². The predicted octanol–water partition coefficient (Wildman–Crippen LogP) is 2.95. The van der Waals surface area contributed by atoms with E-state index in [1.54, 1.807) is 0 Å². The Morgan fingerprint density at radius 1 is 1.39 bits per heavy atom. The molecule has 2 rings (SSSR count). The summed E-state index contributed by atoms with van der Waals surface area (Å²) in [6.45, 7) is 0. The molecule has 0 unspecified atom stereocenters. The Kier molecular flexibility index (Phi) is 4.48. The predicted molar refractivity (Wildman–Crippen MR) is 74.6 cm³/mol. The summed E-state index contributed by atoms with van der Waals surface area (Å²) in [6, 6.07) is 1.26. The van der Waals surface area contributed by atoms with Crippen molar-refractivity contribution in [3.63, 3.8) is 0 Å². The average molecular weight is 373 g/mol. The first-order valence-electron chi connectivity index (χ1n) is 5.37. The van der Waals surface area contributed by atoms with Crippen molar-refractivity contribution in [1.29, 1.82) is 0 Å². The molecule has 0 atom stereocenters. The van der Waals surface area contributed by atoms with Gasteiger partial charge in [-0.2, -0.15) is 0 Å². The Morgan fingerprint density at radius 2 is 2.00 bits per heavy atom. The van der Waals surface area contributed by atoms with Gasteiger partial charge in [-0.3, -0.25) is 4.79 Å². The van der Waals surface area contributed by atoms with Crippen molar-refractivity contribution in [3.8, 4) is 0 Å². The zero-order valence-corrected chi connectivity index (χ0v) is 13.3. The molecule has 0 aromatic carbocycles. The molecule has 0 radical (unpaired) electrons. The fourth-order valence-corrected chi connectivity index (χ4v) is 5.51. The van der Waals surface area contributed by atoms with Crippen LogP contribution < -0.4 is 4.72 Å². The Labute approximate surface area is 123 Å². The molecule has 1 aromatic rings. The van der Waals surface area contributed by atoms with E-state index < -0.39 is 10.0 Å². The molecule has 100 valence electrons. The number of Topliss-reactive ketones (excluding diaryl/α,β-unsaturated/α-hetero) is 1.